The summed E-state index contributed by atoms with van der Waals surface area (Å²) in [5, 5.41) is 3.24. The predicted octanol–water partition coefficient (Wildman–Crippen LogP) is 2.47. The lowest BCUT2D eigenvalue weighted by atomic mass is 10.1. The van der Waals surface area contributed by atoms with Crippen LogP contribution in [0.5, 0.6) is 5.75 Å². The van der Waals surface area contributed by atoms with Gasteiger partial charge in [0, 0.05) is 19.1 Å². The molecule has 4 nitrogen and oxygen atoms in total. The molecule has 0 saturated carbocycles. The summed E-state index contributed by atoms with van der Waals surface area (Å²) in [4.78, 5) is 14.0. The highest BCUT2D eigenvalue weighted by Crippen LogP contribution is 2.20. The van der Waals surface area contributed by atoms with E-state index in [1.807, 2.05) is 36.2 Å². The van der Waals surface area contributed by atoms with Gasteiger partial charge >= 0.3 is 0 Å². The van der Waals surface area contributed by atoms with Crippen LogP contribution in [0.3, 0.4) is 0 Å². The third-order valence-corrected chi connectivity index (χ3v) is 3.98. The van der Waals surface area contributed by atoms with Gasteiger partial charge in [0.15, 0.2) is 0 Å². The van der Waals surface area contributed by atoms with Crippen molar-refractivity contribution in [3.63, 3.8) is 0 Å². The van der Waals surface area contributed by atoms with Gasteiger partial charge in [0.05, 0.1) is 13.7 Å². The maximum Gasteiger partial charge on any atom is 0.236 e. The van der Waals surface area contributed by atoms with Crippen molar-refractivity contribution in [2.24, 2.45) is 0 Å². The Morgan fingerprint density at radius 2 is 2.00 bits per heavy atom. The largest absolute Gasteiger partial charge is 0.496 e. The molecule has 1 N–H and O–H groups in total. The first-order valence-electron chi connectivity index (χ1n) is 7.60. The SMILES string of the molecule is CCC(C)NCC(=O)N(C)C(C)Cc1ccccc1OC. The topological polar surface area (TPSA) is 41.6 Å². The summed E-state index contributed by atoms with van der Waals surface area (Å²) in [6.07, 6.45) is 1.81. The van der Waals surface area contributed by atoms with Crippen molar-refractivity contribution < 1.29 is 9.53 Å². The normalized spacial score (nSPS) is 13.6. The molecular weight excluding hydrogens is 264 g/mol. The highest BCUT2D eigenvalue weighted by molar-refractivity contribution is 5.78. The Morgan fingerprint density at radius 1 is 1.33 bits per heavy atom. The molecule has 0 aliphatic heterocycles. The van der Waals surface area contributed by atoms with Crippen LogP contribution in [0.2, 0.25) is 0 Å². The number of carbonyl (C=O) groups excluding carboxylic acids is 1. The summed E-state index contributed by atoms with van der Waals surface area (Å²) in [5.41, 5.74) is 1.13. The number of hydrogen-bond donors (Lipinski definition) is 1. The molecule has 0 fully saturated rings. The number of carbonyl (C=O) groups is 1. The van der Waals surface area contributed by atoms with Gasteiger partial charge < -0.3 is 15.0 Å². The number of rotatable bonds is 8. The number of benzene rings is 1. The van der Waals surface area contributed by atoms with Crippen molar-refractivity contribution in [3.8, 4) is 5.75 Å². The Labute approximate surface area is 128 Å². The quantitative estimate of drug-likeness (QED) is 0.800. The first-order chi connectivity index (χ1) is 9.99. The fourth-order valence-electron chi connectivity index (χ4n) is 2.10. The first-order valence-corrected chi connectivity index (χ1v) is 7.60. The number of likely N-dealkylation sites (N-methyl/N-ethyl adjacent to an activating group) is 1. The summed E-state index contributed by atoms with van der Waals surface area (Å²) in [6.45, 7) is 6.65. The minimum absolute atomic E-state index is 0.123. The summed E-state index contributed by atoms with van der Waals surface area (Å²) >= 11 is 0. The molecule has 1 aromatic carbocycles. The predicted molar refractivity (Wildman–Crippen MR) is 86.7 cm³/mol. The van der Waals surface area contributed by atoms with Crippen molar-refractivity contribution in [3.05, 3.63) is 29.8 Å². The zero-order valence-corrected chi connectivity index (χ0v) is 13.8. The molecule has 1 aromatic rings. The van der Waals surface area contributed by atoms with Gasteiger partial charge in [-0.15, -0.1) is 0 Å². The number of amides is 1. The second kappa shape index (κ2) is 8.67. The molecule has 0 aliphatic carbocycles. The Hall–Kier alpha value is -1.55. The van der Waals surface area contributed by atoms with Crippen LogP contribution in [0, 0.1) is 0 Å². The van der Waals surface area contributed by atoms with Crippen LogP contribution in [0.4, 0.5) is 0 Å². The van der Waals surface area contributed by atoms with Crippen molar-refractivity contribution in [1.29, 1.82) is 0 Å². The molecule has 0 heterocycles. The molecule has 0 aromatic heterocycles. The van der Waals surface area contributed by atoms with Gasteiger partial charge in [0.2, 0.25) is 5.91 Å². The van der Waals surface area contributed by atoms with E-state index in [0.717, 1.165) is 24.2 Å². The standard InChI is InChI=1S/C17H28N2O2/c1-6-13(2)18-12-17(20)19(4)14(3)11-15-9-7-8-10-16(15)21-5/h7-10,13-14,18H,6,11-12H2,1-5H3. The van der Waals surface area contributed by atoms with Gasteiger partial charge in [-0.3, -0.25) is 4.79 Å². The third kappa shape index (κ3) is 5.38. The van der Waals surface area contributed by atoms with Gasteiger partial charge in [0.1, 0.15) is 5.75 Å². The van der Waals surface area contributed by atoms with E-state index >= 15 is 0 Å². The van der Waals surface area contributed by atoms with Crippen LogP contribution in [-0.2, 0) is 11.2 Å². The molecule has 4 heteroatoms. The van der Waals surface area contributed by atoms with E-state index < -0.39 is 0 Å². The van der Waals surface area contributed by atoms with Crippen LogP contribution in [0.15, 0.2) is 24.3 Å². The lowest BCUT2D eigenvalue weighted by Gasteiger charge is -2.26. The molecular formula is C17H28N2O2. The van der Waals surface area contributed by atoms with E-state index in [1.54, 1.807) is 7.11 Å². The Balaban J connectivity index is 2.57. The Bertz CT molecular complexity index is 448. The fraction of sp³-hybridized carbons (Fsp3) is 0.588. The molecule has 0 spiro atoms. The molecule has 0 aliphatic rings. The molecule has 21 heavy (non-hydrogen) atoms. The summed E-state index contributed by atoms with van der Waals surface area (Å²) in [7, 11) is 3.54. The number of hydrogen-bond acceptors (Lipinski definition) is 3. The molecule has 0 saturated heterocycles. The number of ether oxygens (including phenoxy) is 1. The van der Waals surface area contributed by atoms with E-state index in [4.69, 9.17) is 4.74 Å². The minimum atomic E-state index is 0.123. The third-order valence-electron chi connectivity index (χ3n) is 3.98. The molecule has 118 valence electrons. The molecule has 1 amide bonds. The van der Waals surface area contributed by atoms with Crippen LogP contribution in [0.25, 0.3) is 0 Å². The molecule has 2 atom stereocenters. The van der Waals surface area contributed by atoms with Gasteiger partial charge in [-0.1, -0.05) is 25.1 Å². The first kappa shape index (κ1) is 17.5. The van der Waals surface area contributed by atoms with Crippen LogP contribution in [-0.4, -0.2) is 43.6 Å². The maximum atomic E-state index is 12.2. The summed E-state index contributed by atoms with van der Waals surface area (Å²) in [5.74, 6) is 1.00. The molecule has 2 unspecified atom stereocenters. The number of para-hydroxylation sites is 1. The number of methoxy groups -OCH3 is 1. The number of nitrogens with zero attached hydrogens (tertiary/aromatic N) is 1. The highest BCUT2D eigenvalue weighted by Gasteiger charge is 2.17. The van der Waals surface area contributed by atoms with Crippen LogP contribution < -0.4 is 10.1 Å². The summed E-state index contributed by atoms with van der Waals surface area (Å²) in [6, 6.07) is 8.45. The molecule has 1 rings (SSSR count). The van der Waals surface area contributed by atoms with Gasteiger partial charge in [-0.05, 0) is 38.3 Å². The molecule has 0 radical (unpaired) electrons. The second-order valence-electron chi connectivity index (χ2n) is 5.56. The van der Waals surface area contributed by atoms with Crippen molar-refractivity contribution in [1.82, 2.24) is 10.2 Å². The van der Waals surface area contributed by atoms with E-state index in [-0.39, 0.29) is 11.9 Å². The smallest absolute Gasteiger partial charge is 0.236 e. The monoisotopic (exact) mass is 292 g/mol. The van der Waals surface area contributed by atoms with E-state index in [1.165, 1.54) is 0 Å². The van der Waals surface area contributed by atoms with Gasteiger partial charge in [-0.2, -0.15) is 0 Å². The van der Waals surface area contributed by atoms with Crippen molar-refractivity contribution >= 4 is 5.91 Å². The van der Waals surface area contributed by atoms with E-state index in [2.05, 4.69) is 26.1 Å². The number of nitrogens with one attached hydrogen (secondary N) is 1. The fourth-order valence-corrected chi connectivity index (χ4v) is 2.10. The average molecular weight is 292 g/mol. The van der Waals surface area contributed by atoms with E-state index in [0.29, 0.717) is 12.6 Å². The second-order valence-corrected chi connectivity index (χ2v) is 5.56. The lowest BCUT2D eigenvalue weighted by molar-refractivity contribution is -0.130. The minimum Gasteiger partial charge on any atom is -0.496 e. The Morgan fingerprint density at radius 3 is 2.62 bits per heavy atom. The van der Waals surface area contributed by atoms with Crippen molar-refractivity contribution in [2.75, 3.05) is 20.7 Å². The maximum absolute atomic E-state index is 12.2. The Kier molecular flexibility index (Phi) is 7.23. The summed E-state index contributed by atoms with van der Waals surface area (Å²) < 4.78 is 5.36. The van der Waals surface area contributed by atoms with Gasteiger partial charge in [0.25, 0.3) is 0 Å². The molecule has 0 bridgehead atoms. The van der Waals surface area contributed by atoms with Crippen LogP contribution in [0.1, 0.15) is 32.8 Å². The van der Waals surface area contributed by atoms with Gasteiger partial charge in [-0.25, -0.2) is 0 Å². The van der Waals surface area contributed by atoms with E-state index in [9.17, 15) is 4.79 Å². The van der Waals surface area contributed by atoms with Crippen molar-refractivity contribution in [2.45, 2.75) is 45.7 Å². The zero-order chi connectivity index (χ0) is 15.8. The lowest BCUT2D eigenvalue weighted by Crippen LogP contribution is -2.43. The zero-order valence-electron chi connectivity index (χ0n) is 13.8. The highest BCUT2D eigenvalue weighted by atomic mass is 16.5. The average Bonchev–Trinajstić information content (AvgIpc) is 2.51. The van der Waals surface area contributed by atoms with Crippen LogP contribution >= 0.6 is 0 Å².